The molecule has 26 heavy (non-hydrogen) atoms. The zero-order valence-electron chi connectivity index (χ0n) is 14.6. The molecule has 1 N–H and O–H groups in total. The van der Waals surface area contributed by atoms with Gasteiger partial charge in [0.25, 0.3) is 5.56 Å². The van der Waals surface area contributed by atoms with Crippen LogP contribution in [0.4, 0.5) is 0 Å². The summed E-state index contributed by atoms with van der Waals surface area (Å²) < 4.78 is 6.96. The van der Waals surface area contributed by atoms with Gasteiger partial charge in [0.2, 0.25) is 0 Å². The second kappa shape index (κ2) is 6.48. The van der Waals surface area contributed by atoms with E-state index in [4.69, 9.17) is 4.74 Å². The number of benzene rings is 2. The van der Waals surface area contributed by atoms with Gasteiger partial charge >= 0.3 is 0 Å². The summed E-state index contributed by atoms with van der Waals surface area (Å²) in [5.74, 6) is 1.45. The molecule has 6 heteroatoms. The van der Waals surface area contributed by atoms with Gasteiger partial charge in [-0.3, -0.25) is 14.5 Å². The molecule has 0 unspecified atom stereocenters. The van der Waals surface area contributed by atoms with Crippen LogP contribution in [0.5, 0.6) is 5.75 Å². The normalized spacial score (nSPS) is 11.0. The lowest BCUT2D eigenvalue weighted by Gasteiger charge is -2.12. The number of aromatic nitrogens is 4. The molecule has 0 fully saturated rings. The summed E-state index contributed by atoms with van der Waals surface area (Å²) in [4.78, 5) is 17.7. The predicted molar refractivity (Wildman–Crippen MR) is 100 cm³/mol. The number of hydrogen-bond donors (Lipinski definition) is 1. The van der Waals surface area contributed by atoms with E-state index in [2.05, 4.69) is 15.2 Å². The standard InChI is InChI=1S/C20H18N4O2/c1-13-23-19-7-6-15(16-10-21-22-11-16)9-18(19)20(25)24(13)12-14-4-3-5-17(8-14)26-2/h3-11H,12H2,1-2H3,(H,21,22). The molecule has 0 saturated carbocycles. The van der Waals surface area contributed by atoms with Crippen LogP contribution in [0.2, 0.25) is 0 Å². The van der Waals surface area contributed by atoms with Crippen molar-refractivity contribution in [2.24, 2.45) is 0 Å². The Kier molecular flexibility index (Phi) is 4.01. The summed E-state index contributed by atoms with van der Waals surface area (Å²) in [6.07, 6.45) is 3.54. The molecule has 0 aliphatic heterocycles. The van der Waals surface area contributed by atoms with E-state index in [-0.39, 0.29) is 5.56 Å². The van der Waals surface area contributed by atoms with Crippen molar-refractivity contribution in [2.75, 3.05) is 7.11 Å². The molecule has 2 aromatic carbocycles. The predicted octanol–water partition coefficient (Wildman–Crippen LogP) is 3.15. The Morgan fingerprint density at radius 1 is 1.15 bits per heavy atom. The lowest BCUT2D eigenvalue weighted by molar-refractivity contribution is 0.414. The fourth-order valence-electron chi connectivity index (χ4n) is 3.06. The van der Waals surface area contributed by atoms with Crippen molar-refractivity contribution < 1.29 is 4.74 Å². The smallest absolute Gasteiger partial charge is 0.261 e. The third kappa shape index (κ3) is 2.86. The molecule has 0 radical (unpaired) electrons. The first kappa shape index (κ1) is 16.1. The molecule has 0 amide bonds. The first-order valence-corrected chi connectivity index (χ1v) is 8.29. The number of aromatic amines is 1. The minimum Gasteiger partial charge on any atom is -0.497 e. The number of aryl methyl sites for hydroxylation is 1. The van der Waals surface area contributed by atoms with Gasteiger partial charge in [0, 0.05) is 11.8 Å². The number of nitrogens with one attached hydrogen (secondary N) is 1. The average molecular weight is 346 g/mol. The molecular formula is C20H18N4O2. The zero-order valence-corrected chi connectivity index (χ0v) is 14.6. The van der Waals surface area contributed by atoms with Gasteiger partial charge in [-0.1, -0.05) is 18.2 Å². The molecule has 0 aliphatic carbocycles. The van der Waals surface area contributed by atoms with E-state index in [9.17, 15) is 4.79 Å². The Balaban J connectivity index is 1.82. The molecule has 2 heterocycles. The fraction of sp³-hybridized carbons (Fsp3) is 0.150. The number of nitrogens with zero attached hydrogens (tertiary/aromatic N) is 3. The highest BCUT2D eigenvalue weighted by Crippen LogP contribution is 2.21. The summed E-state index contributed by atoms with van der Waals surface area (Å²) in [5.41, 5.74) is 3.50. The molecule has 0 bridgehead atoms. The van der Waals surface area contributed by atoms with Crippen LogP contribution in [0.25, 0.3) is 22.0 Å². The highest BCUT2D eigenvalue weighted by molar-refractivity contribution is 5.83. The van der Waals surface area contributed by atoms with Crippen LogP contribution >= 0.6 is 0 Å². The summed E-state index contributed by atoms with van der Waals surface area (Å²) in [6.45, 7) is 2.30. The minimum atomic E-state index is -0.0549. The number of ether oxygens (including phenoxy) is 1. The summed E-state index contributed by atoms with van der Waals surface area (Å²) >= 11 is 0. The average Bonchev–Trinajstić information content (AvgIpc) is 3.20. The van der Waals surface area contributed by atoms with Crippen molar-refractivity contribution in [3.05, 3.63) is 76.6 Å². The van der Waals surface area contributed by atoms with Crippen LogP contribution in [0.1, 0.15) is 11.4 Å². The van der Waals surface area contributed by atoms with E-state index < -0.39 is 0 Å². The lowest BCUT2D eigenvalue weighted by atomic mass is 10.1. The molecule has 6 nitrogen and oxygen atoms in total. The quantitative estimate of drug-likeness (QED) is 0.616. The van der Waals surface area contributed by atoms with Gasteiger partial charge in [-0.25, -0.2) is 4.98 Å². The maximum atomic E-state index is 13.1. The Morgan fingerprint density at radius 3 is 2.81 bits per heavy atom. The maximum Gasteiger partial charge on any atom is 0.261 e. The van der Waals surface area contributed by atoms with Gasteiger partial charge < -0.3 is 4.74 Å². The molecule has 4 rings (SSSR count). The number of rotatable bonds is 4. The van der Waals surface area contributed by atoms with Gasteiger partial charge in [0.15, 0.2) is 0 Å². The van der Waals surface area contributed by atoms with Crippen molar-refractivity contribution >= 4 is 10.9 Å². The van der Waals surface area contributed by atoms with Crippen LogP contribution in [0.3, 0.4) is 0 Å². The third-order valence-electron chi connectivity index (χ3n) is 4.45. The van der Waals surface area contributed by atoms with Crippen LogP contribution in [0.15, 0.2) is 59.7 Å². The number of fused-ring (bicyclic) bond motifs is 1. The number of H-pyrrole nitrogens is 1. The van der Waals surface area contributed by atoms with Crippen molar-refractivity contribution in [1.29, 1.82) is 0 Å². The minimum absolute atomic E-state index is 0.0549. The van der Waals surface area contributed by atoms with Gasteiger partial charge in [-0.05, 0) is 42.3 Å². The van der Waals surface area contributed by atoms with E-state index in [1.807, 2.05) is 49.4 Å². The lowest BCUT2D eigenvalue weighted by Crippen LogP contribution is -2.24. The molecule has 0 aliphatic rings. The Bertz CT molecular complexity index is 1130. The van der Waals surface area contributed by atoms with Crippen LogP contribution < -0.4 is 10.3 Å². The molecule has 4 aromatic rings. The van der Waals surface area contributed by atoms with E-state index >= 15 is 0 Å². The molecule has 130 valence electrons. The third-order valence-corrected chi connectivity index (χ3v) is 4.45. The van der Waals surface area contributed by atoms with Crippen LogP contribution in [0, 0.1) is 6.92 Å². The molecular weight excluding hydrogens is 328 g/mol. The highest BCUT2D eigenvalue weighted by Gasteiger charge is 2.11. The molecule has 0 saturated heterocycles. The Morgan fingerprint density at radius 2 is 2.04 bits per heavy atom. The highest BCUT2D eigenvalue weighted by atomic mass is 16.5. The van der Waals surface area contributed by atoms with Gasteiger partial charge in [-0.2, -0.15) is 5.10 Å². The van der Waals surface area contributed by atoms with Gasteiger partial charge in [0.05, 0.1) is 30.8 Å². The van der Waals surface area contributed by atoms with Crippen LogP contribution in [-0.2, 0) is 6.54 Å². The fourth-order valence-corrected chi connectivity index (χ4v) is 3.06. The molecule has 2 aromatic heterocycles. The number of methoxy groups -OCH3 is 1. The molecule has 0 spiro atoms. The molecule has 0 atom stereocenters. The SMILES string of the molecule is COc1cccc(Cn2c(C)nc3ccc(-c4cn[nH]c4)cc3c2=O)c1. The first-order chi connectivity index (χ1) is 12.7. The van der Waals surface area contributed by atoms with Crippen LogP contribution in [-0.4, -0.2) is 26.9 Å². The maximum absolute atomic E-state index is 13.1. The van der Waals surface area contributed by atoms with E-state index in [0.717, 1.165) is 22.4 Å². The topological polar surface area (TPSA) is 72.8 Å². The number of hydrogen-bond acceptors (Lipinski definition) is 4. The second-order valence-electron chi connectivity index (χ2n) is 6.12. The van der Waals surface area contributed by atoms with Crippen molar-refractivity contribution in [2.45, 2.75) is 13.5 Å². The van der Waals surface area contributed by atoms with Crippen molar-refractivity contribution in [3.8, 4) is 16.9 Å². The van der Waals surface area contributed by atoms with Gasteiger partial charge in [0.1, 0.15) is 11.6 Å². The van der Waals surface area contributed by atoms with Gasteiger partial charge in [-0.15, -0.1) is 0 Å². The Hall–Kier alpha value is -3.41. The largest absolute Gasteiger partial charge is 0.497 e. The Labute approximate surface area is 150 Å². The summed E-state index contributed by atoms with van der Waals surface area (Å²) in [6, 6.07) is 13.4. The summed E-state index contributed by atoms with van der Waals surface area (Å²) in [5, 5.41) is 7.36. The second-order valence-corrected chi connectivity index (χ2v) is 6.12. The summed E-state index contributed by atoms with van der Waals surface area (Å²) in [7, 11) is 1.63. The van der Waals surface area contributed by atoms with E-state index in [1.54, 1.807) is 24.1 Å². The van der Waals surface area contributed by atoms with E-state index in [0.29, 0.717) is 23.3 Å². The zero-order chi connectivity index (χ0) is 18.1. The first-order valence-electron chi connectivity index (χ1n) is 8.29. The van der Waals surface area contributed by atoms with Crippen molar-refractivity contribution in [1.82, 2.24) is 19.7 Å². The van der Waals surface area contributed by atoms with E-state index in [1.165, 1.54) is 0 Å². The van der Waals surface area contributed by atoms with Crippen molar-refractivity contribution in [3.63, 3.8) is 0 Å². The monoisotopic (exact) mass is 346 g/mol.